The average Bonchev–Trinajstić information content (AvgIpc) is 2.28. The van der Waals surface area contributed by atoms with Gasteiger partial charge >= 0.3 is 6.09 Å². The zero-order valence-electron chi connectivity index (χ0n) is 9.10. The predicted molar refractivity (Wildman–Crippen MR) is 57.2 cm³/mol. The first-order chi connectivity index (χ1) is 7.56. The molecule has 1 amide bonds. The molecule has 5 nitrogen and oxygen atoms in total. The fourth-order valence-corrected chi connectivity index (χ4v) is 1.28. The number of nitrogens with zero attached hydrogens (tertiary/aromatic N) is 2. The Balaban J connectivity index is 2.96. The van der Waals surface area contributed by atoms with E-state index in [4.69, 9.17) is 15.1 Å². The maximum Gasteiger partial charge on any atom is 0.407 e. The van der Waals surface area contributed by atoms with Crippen LogP contribution in [0.4, 0.5) is 4.79 Å². The molecule has 1 aromatic carbocycles. The Labute approximate surface area is 93.5 Å². The quantitative estimate of drug-likeness (QED) is 0.840. The van der Waals surface area contributed by atoms with Gasteiger partial charge in [-0.1, -0.05) is 0 Å². The smallest absolute Gasteiger partial charge is 0.407 e. The van der Waals surface area contributed by atoms with Crippen molar-refractivity contribution < 1.29 is 14.6 Å². The van der Waals surface area contributed by atoms with Crippen LogP contribution < -0.4 is 4.74 Å². The van der Waals surface area contributed by atoms with Gasteiger partial charge in [0.2, 0.25) is 0 Å². The lowest BCUT2D eigenvalue weighted by Gasteiger charge is -2.13. The lowest BCUT2D eigenvalue weighted by atomic mass is 10.1. The maximum atomic E-state index is 10.6. The van der Waals surface area contributed by atoms with Gasteiger partial charge in [0, 0.05) is 13.6 Å². The van der Waals surface area contributed by atoms with Gasteiger partial charge in [0.05, 0.1) is 18.7 Å². The minimum absolute atomic E-state index is 0.223. The van der Waals surface area contributed by atoms with E-state index in [-0.39, 0.29) is 6.54 Å². The number of rotatable bonds is 3. The van der Waals surface area contributed by atoms with Crippen molar-refractivity contribution in [3.8, 4) is 11.8 Å². The van der Waals surface area contributed by atoms with Crippen LogP contribution in [0.25, 0.3) is 0 Å². The number of carbonyl (C=O) groups is 1. The zero-order chi connectivity index (χ0) is 12.1. The van der Waals surface area contributed by atoms with Gasteiger partial charge in [-0.05, 0) is 23.8 Å². The third-order valence-electron chi connectivity index (χ3n) is 2.08. The highest BCUT2D eigenvalue weighted by atomic mass is 16.5. The van der Waals surface area contributed by atoms with Crippen LogP contribution in [0, 0.1) is 11.3 Å². The van der Waals surface area contributed by atoms with Crippen LogP contribution in [0.2, 0.25) is 0 Å². The molecule has 0 fully saturated rings. The van der Waals surface area contributed by atoms with E-state index in [1.54, 1.807) is 18.2 Å². The molecule has 0 heterocycles. The van der Waals surface area contributed by atoms with Crippen molar-refractivity contribution in [1.29, 1.82) is 5.26 Å². The van der Waals surface area contributed by atoms with Gasteiger partial charge in [-0.25, -0.2) is 4.79 Å². The van der Waals surface area contributed by atoms with Gasteiger partial charge in [-0.3, -0.25) is 0 Å². The molecule has 0 saturated heterocycles. The Kier molecular flexibility index (Phi) is 3.72. The van der Waals surface area contributed by atoms with Crippen LogP contribution in [0.15, 0.2) is 18.2 Å². The number of amides is 1. The lowest BCUT2D eigenvalue weighted by molar-refractivity contribution is 0.153. The van der Waals surface area contributed by atoms with E-state index in [0.29, 0.717) is 11.3 Å². The molecule has 1 N–H and O–H groups in total. The topological polar surface area (TPSA) is 73.6 Å². The highest BCUT2D eigenvalue weighted by molar-refractivity contribution is 5.64. The van der Waals surface area contributed by atoms with Crippen LogP contribution in [0.3, 0.4) is 0 Å². The highest BCUT2D eigenvalue weighted by Gasteiger charge is 2.08. The molecule has 0 aliphatic rings. The summed E-state index contributed by atoms with van der Waals surface area (Å²) >= 11 is 0. The number of benzene rings is 1. The first-order valence-corrected chi connectivity index (χ1v) is 4.59. The Morgan fingerprint density at radius 2 is 2.25 bits per heavy atom. The molecular formula is C11H12N2O3. The second kappa shape index (κ2) is 5.03. The molecule has 1 rings (SSSR count). The number of nitriles is 1. The van der Waals surface area contributed by atoms with E-state index >= 15 is 0 Å². The van der Waals surface area contributed by atoms with Gasteiger partial charge in [0.1, 0.15) is 5.75 Å². The first kappa shape index (κ1) is 11.9. The van der Waals surface area contributed by atoms with E-state index < -0.39 is 6.09 Å². The SMILES string of the molecule is COc1cc(C#N)cc(CN(C)C(=O)O)c1. The molecule has 0 atom stereocenters. The minimum Gasteiger partial charge on any atom is -0.497 e. The summed E-state index contributed by atoms with van der Waals surface area (Å²) in [6.07, 6.45) is -1.01. The van der Waals surface area contributed by atoms with Gasteiger partial charge < -0.3 is 14.7 Å². The van der Waals surface area contributed by atoms with E-state index in [0.717, 1.165) is 10.5 Å². The molecule has 0 aliphatic heterocycles. The van der Waals surface area contributed by atoms with Crippen LogP contribution in [0.1, 0.15) is 11.1 Å². The third kappa shape index (κ3) is 2.89. The molecule has 0 bridgehead atoms. The average molecular weight is 220 g/mol. The molecule has 0 unspecified atom stereocenters. The normalized spacial score (nSPS) is 9.31. The number of carboxylic acid groups (broad SMARTS) is 1. The molecule has 0 aliphatic carbocycles. The summed E-state index contributed by atoms with van der Waals surface area (Å²) in [5.74, 6) is 0.549. The number of ether oxygens (including phenoxy) is 1. The summed E-state index contributed by atoms with van der Waals surface area (Å²) in [5, 5.41) is 17.5. The Morgan fingerprint density at radius 1 is 1.56 bits per heavy atom. The van der Waals surface area contributed by atoms with E-state index in [2.05, 4.69) is 0 Å². The second-order valence-corrected chi connectivity index (χ2v) is 3.32. The number of methoxy groups -OCH3 is 1. The summed E-state index contributed by atoms with van der Waals surface area (Å²) in [4.78, 5) is 11.8. The standard InChI is InChI=1S/C11H12N2O3/c1-13(11(14)15)7-9-3-8(6-12)4-10(5-9)16-2/h3-5H,7H2,1-2H3,(H,14,15). The largest absolute Gasteiger partial charge is 0.497 e. The fraction of sp³-hybridized carbons (Fsp3) is 0.273. The molecule has 0 radical (unpaired) electrons. The Bertz CT molecular complexity index is 437. The van der Waals surface area contributed by atoms with Crippen molar-refractivity contribution in [2.75, 3.05) is 14.2 Å². The van der Waals surface area contributed by atoms with Crippen molar-refractivity contribution in [1.82, 2.24) is 4.90 Å². The van der Waals surface area contributed by atoms with Gasteiger partial charge in [-0.15, -0.1) is 0 Å². The van der Waals surface area contributed by atoms with E-state index in [9.17, 15) is 4.79 Å². The van der Waals surface area contributed by atoms with Gasteiger partial charge in [0.15, 0.2) is 0 Å². The molecule has 5 heteroatoms. The molecule has 84 valence electrons. The summed E-state index contributed by atoms with van der Waals surface area (Å²) in [6.45, 7) is 0.223. The molecule has 1 aromatic rings. The second-order valence-electron chi connectivity index (χ2n) is 3.32. The number of hydrogen-bond acceptors (Lipinski definition) is 3. The summed E-state index contributed by atoms with van der Waals surface area (Å²) in [7, 11) is 2.97. The van der Waals surface area contributed by atoms with Crippen molar-refractivity contribution in [3.05, 3.63) is 29.3 Å². The van der Waals surface area contributed by atoms with Gasteiger partial charge in [-0.2, -0.15) is 5.26 Å². The highest BCUT2D eigenvalue weighted by Crippen LogP contribution is 2.17. The molecule has 0 saturated carbocycles. The molecule has 0 aromatic heterocycles. The third-order valence-corrected chi connectivity index (χ3v) is 2.08. The maximum absolute atomic E-state index is 10.6. The van der Waals surface area contributed by atoms with Crippen molar-refractivity contribution >= 4 is 6.09 Å². The van der Waals surface area contributed by atoms with Crippen LogP contribution in [0.5, 0.6) is 5.75 Å². The van der Waals surface area contributed by atoms with Crippen molar-refractivity contribution in [2.45, 2.75) is 6.54 Å². The molecular weight excluding hydrogens is 208 g/mol. The summed E-state index contributed by atoms with van der Waals surface area (Å²) in [5.41, 5.74) is 1.17. The monoisotopic (exact) mass is 220 g/mol. The van der Waals surface area contributed by atoms with Crippen molar-refractivity contribution in [2.24, 2.45) is 0 Å². The number of hydrogen-bond donors (Lipinski definition) is 1. The fourth-order valence-electron chi connectivity index (χ4n) is 1.28. The first-order valence-electron chi connectivity index (χ1n) is 4.59. The lowest BCUT2D eigenvalue weighted by Crippen LogP contribution is -2.23. The van der Waals surface area contributed by atoms with Crippen molar-refractivity contribution in [3.63, 3.8) is 0 Å². The molecule has 0 spiro atoms. The predicted octanol–water partition coefficient (Wildman–Crippen LogP) is 1.68. The van der Waals surface area contributed by atoms with Crippen LogP contribution in [-0.2, 0) is 6.54 Å². The summed E-state index contributed by atoms with van der Waals surface area (Å²) < 4.78 is 5.02. The minimum atomic E-state index is -1.01. The Morgan fingerprint density at radius 3 is 2.75 bits per heavy atom. The molecule has 16 heavy (non-hydrogen) atoms. The van der Waals surface area contributed by atoms with Crippen LogP contribution >= 0.6 is 0 Å². The van der Waals surface area contributed by atoms with Gasteiger partial charge in [0.25, 0.3) is 0 Å². The summed E-state index contributed by atoms with van der Waals surface area (Å²) in [6, 6.07) is 6.95. The van der Waals surface area contributed by atoms with E-state index in [1.165, 1.54) is 14.2 Å². The van der Waals surface area contributed by atoms with E-state index in [1.807, 2.05) is 6.07 Å². The zero-order valence-corrected chi connectivity index (χ0v) is 9.10. The van der Waals surface area contributed by atoms with Crippen LogP contribution in [-0.4, -0.2) is 30.3 Å². The Hall–Kier alpha value is -2.22.